The van der Waals surface area contributed by atoms with Crippen molar-refractivity contribution in [2.75, 3.05) is 38.5 Å². The molecule has 0 amide bonds. The molecule has 1 unspecified atom stereocenters. The normalized spacial score (nSPS) is 20.3. The van der Waals surface area contributed by atoms with Crippen molar-refractivity contribution in [2.45, 2.75) is 6.42 Å². The first-order valence-electron chi connectivity index (χ1n) is 6.28. The average molecular weight is 268 g/mol. The van der Waals surface area contributed by atoms with Gasteiger partial charge in [-0.05, 0) is 24.4 Å². The van der Waals surface area contributed by atoms with Crippen LogP contribution in [0.5, 0.6) is 0 Å². The number of nitrogens with one attached hydrogen (secondary N) is 2. The molecule has 2 N–H and O–H groups in total. The first kappa shape index (κ1) is 13.2. The highest BCUT2D eigenvalue weighted by atomic mass is 32.1. The fourth-order valence-corrected chi connectivity index (χ4v) is 2.39. The summed E-state index contributed by atoms with van der Waals surface area (Å²) in [5.74, 6) is -0.266. The zero-order chi connectivity index (χ0) is 13.0. The Morgan fingerprint density at radius 1 is 1.33 bits per heavy atom. The lowest BCUT2D eigenvalue weighted by molar-refractivity contribution is -0.877. The standard InChI is InChI=1S/C13H18FN3S/c1-16-7-4-8-17(10-9-16)13(18)15-12-6-3-2-5-11(12)14/h2-3,5-6H,4,7-10H2,1H3,(H,15,18)/p+1. The van der Waals surface area contributed by atoms with E-state index in [1.54, 1.807) is 18.2 Å². The number of quaternary nitrogens is 1. The molecular weight excluding hydrogens is 249 g/mol. The average Bonchev–Trinajstić information content (AvgIpc) is 2.57. The molecule has 3 nitrogen and oxygen atoms in total. The number of halogens is 1. The maximum absolute atomic E-state index is 13.5. The molecule has 0 bridgehead atoms. The van der Waals surface area contributed by atoms with E-state index in [-0.39, 0.29) is 5.82 Å². The quantitative estimate of drug-likeness (QED) is 0.733. The molecule has 0 spiro atoms. The topological polar surface area (TPSA) is 19.7 Å². The summed E-state index contributed by atoms with van der Waals surface area (Å²) in [5.41, 5.74) is 0.451. The van der Waals surface area contributed by atoms with Crippen LogP contribution in [0, 0.1) is 5.82 Å². The predicted octanol–water partition coefficient (Wildman–Crippen LogP) is 0.743. The molecule has 1 saturated heterocycles. The smallest absolute Gasteiger partial charge is 0.173 e. The van der Waals surface area contributed by atoms with E-state index in [0.29, 0.717) is 10.8 Å². The molecule has 0 saturated carbocycles. The molecule has 2 rings (SSSR count). The summed E-state index contributed by atoms with van der Waals surface area (Å²) in [5, 5.41) is 3.62. The van der Waals surface area contributed by atoms with Crippen molar-refractivity contribution >= 4 is 23.0 Å². The minimum absolute atomic E-state index is 0.266. The van der Waals surface area contributed by atoms with E-state index >= 15 is 0 Å². The van der Waals surface area contributed by atoms with Gasteiger partial charge in [0.05, 0.1) is 32.4 Å². The third kappa shape index (κ3) is 3.40. The number of benzene rings is 1. The van der Waals surface area contributed by atoms with Gasteiger partial charge in [0.25, 0.3) is 0 Å². The number of anilines is 1. The van der Waals surface area contributed by atoms with Crippen LogP contribution in [-0.2, 0) is 0 Å². The van der Waals surface area contributed by atoms with Crippen LogP contribution in [0.2, 0.25) is 0 Å². The van der Waals surface area contributed by atoms with Gasteiger partial charge in [-0.15, -0.1) is 0 Å². The van der Waals surface area contributed by atoms with Gasteiger partial charge in [-0.2, -0.15) is 0 Å². The minimum atomic E-state index is -0.266. The van der Waals surface area contributed by atoms with E-state index in [4.69, 9.17) is 12.2 Å². The van der Waals surface area contributed by atoms with Crippen molar-refractivity contribution in [3.8, 4) is 0 Å². The monoisotopic (exact) mass is 268 g/mol. The van der Waals surface area contributed by atoms with Crippen LogP contribution in [-0.4, -0.2) is 43.2 Å². The SMILES string of the molecule is C[NH+]1CCCN(C(=S)Nc2ccccc2F)CC1. The van der Waals surface area contributed by atoms with Gasteiger partial charge in [0.15, 0.2) is 5.11 Å². The second-order valence-corrected chi connectivity index (χ2v) is 5.09. The number of thiocarbonyl (C=S) groups is 1. The number of hydrogen-bond donors (Lipinski definition) is 2. The van der Waals surface area contributed by atoms with E-state index in [0.717, 1.165) is 26.1 Å². The Bertz CT molecular complexity index is 424. The Morgan fingerprint density at radius 2 is 2.11 bits per heavy atom. The Hall–Kier alpha value is -1.20. The Balaban J connectivity index is 1.97. The molecule has 0 radical (unpaired) electrons. The number of para-hydroxylation sites is 1. The molecule has 1 aliphatic heterocycles. The summed E-state index contributed by atoms with van der Waals surface area (Å²) < 4.78 is 13.5. The van der Waals surface area contributed by atoms with Gasteiger partial charge in [-0.3, -0.25) is 0 Å². The summed E-state index contributed by atoms with van der Waals surface area (Å²) in [7, 11) is 2.19. The molecule has 0 aromatic heterocycles. The number of hydrogen-bond acceptors (Lipinski definition) is 1. The molecule has 5 heteroatoms. The molecule has 0 aliphatic carbocycles. The maximum atomic E-state index is 13.5. The first-order chi connectivity index (χ1) is 8.66. The number of likely N-dealkylation sites (N-methyl/N-ethyl adjacent to an activating group) is 1. The van der Waals surface area contributed by atoms with Crippen LogP contribution < -0.4 is 10.2 Å². The second kappa shape index (κ2) is 6.11. The van der Waals surface area contributed by atoms with Gasteiger partial charge in [-0.25, -0.2) is 4.39 Å². The molecule has 1 aromatic carbocycles. The van der Waals surface area contributed by atoms with Gasteiger partial charge < -0.3 is 15.1 Å². The zero-order valence-electron chi connectivity index (χ0n) is 10.6. The Labute approximate surface area is 113 Å². The molecule has 1 aliphatic rings. The summed E-state index contributed by atoms with van der Waals surface area (Å²) >= 11 is 5.35. The van der Waals surface area contributed by atoms with Crippen LogP contribution in [0.4, 0.5) is 10.1 Å². The molecular formula is C13H19FN3S+. The highest BCUT2D eigenvalue weighted by Crippen LogP contribution is 2.13. The van der Waals surface area contributed by atoms with Gasteiger partial charge >= 0.3 is 0 Å². The van der Waals surface area contributed by atoms with E-state index in [9.17, 15) is 4.39 Å². The van der Waals surface area contributed by atoms with Crippen molar-refractivity contribution in [3.63, 3.8) is 0 Å². The Morgan fingerprint density at radius 3 is 2.89 bits per heavy atom. The number of nitrogens with zero attached hydrogens (tertiary/aromatic N) is 1. The molecule has 1 aromatic rings. The Kier molecular flexibility index (Phi) is 4.49. The van der Waals surface area contributed by atoms with Gasteiger partial charge in [-0.1, -0.05) is 12.1 Å². The molecule has 18 heavy (non-hydrogen) atoms. The largest absolute Gasteiger partial charge is 0.343 e. The highest BCUT2D eigenvalue weighted by Gasteiger charge is 2.17. The van der Waals surface area contributed by atoms with Crippen LogP contribution in [0.15, 0.2) is 24.3 Å². The van der Waals surface area contributed by atoms with Crippen LogP contribution in [0.1, 0.15) is 6.42 Å². The third-order valence-corrected chi connectivity index (χ3v) is 3.60. The lowest BCUT2D eigenvalue weighted by atomic mass is 10.3. The van der Waals surface area contributed by atoms with Crippen molar-refractivity contribution in [2.24, 2.45) is 0 Å². The van der Waals surface area contributed by atoms with Gasteiger partial charge in [0.2, 0.25) is 0 Å². The highest BCUT2D eigenvalue weighted by molar-refractivity contribution is 7.80. The number of rotatable bonds is 1. The van der Waals surface area contributed by atoms with E-state index in [1.165, 1.54) is 17.5 Å². The van der Waals surface area contributed by atoms with Crippen molar-refractivity contribution in [3.05, 3.63) is 30.1 Å². The predicted molar refractivity (Wildman–Crippen MR) is 75.4 cm³/mol. The van der Waals surface area contributed by atoms with Gasteiger partial charge in [0, 0.05) is 13.0 Å². The second-order valence-electron chi connectivity index (χ2n) is 4.71. The van der Waals surface area contributed by atoms with E-state index < -0.39 is 0 Å². The molecule has 1 heterocycles. The van der Waals surface area contributed by atoms with E-state index in [1.807, 2.05) is 0 Å². The van der Waals surface area contributed by atoms with Crippen LogP contribution >= 0.6 is 12.2 Å². The molecule has 1 fully saturated rings. The summed E-state index contributed by atoms with van der Waals surface area (Å²) in [6.45, 7) is 4.10. The summed E-state index contributed by atoms with van der Waals surface area (Å²) in [6.07, 6.45) is 1.12. The minimum Gasteiger partial charge on any atom is -0.343 e. The van der Waals surface area contributed by atoms with Crippen molar-refractivity contribution in [1.29, 1.82) is 0 Å². The molecule has 1 atom stereocenters. The van der Waals surface area contributed by atoms with Crippen molar-refractivity contribution in [1.82, 2.24) is 4.90 Å². The van der Waals surface area contributed by atoms with E-state index in [2.05, 4.69) is 17.3 Å². The van der Waals surface area contributed by atoms with Crippen LogP contribution in [0.25, 0.3) is 0 Å². The lowest BCUT2D eigenvalue weighted by Gasteiger charge is -2.23. The molecule has 98 valence electrons. The van der Waals surface area contributed by atoms with Crippen molar-refractivity contribution < 1.29 is 9.29 Å². The lowest BCUT2D eigenvalue weighted by Crippen LogP contribution is -3.09. The summed E-state index contributed by atoms with van der Waals surface area (Å²) in [6, 6.07) is 6.62. The zero-order valence-corrected chi connectivity index (χ0v) is 11.4. The maximum Gasteiger partial charge on any atom is 0.173 e. The fourth-order valence-electron chi connectivity index (χ4n) is 2.09. The first-order valence-corrected chi connectivity index (χ1v) is 6.69. The summed E-state index contributed by atoms with van der Waals surface area (Å²) in [4.78, 5) is 3.64. The van der Waals surface area contributed by atoms with Crippen LogP contribution in [0.3, 0.4) is 0 Å². The fraction of sp³-hybridized carbons (Fsp3) is 0.462. The third-order valence-electron chi connectivity index (χ3n) is 3.24. The van der Waals surface area contributed by atoms with Gasteiger partial charge in [0.1, 0.15) is 5.82 Å².